The van der Waals surface area contributed by atoms with E-state index in [1.54, 1.807) is 18.2 Å². The first kappa shape index (κ1) is 17.0. The highest BCUT2D eigenvalue weighted by atomic mass is 79.9. The summed E-state index contributed by atoms with van der Waals surface area (Å²) in [7, 11) is -3.35. The van der Waals surface area contributed by atoms with Crippen LogP contribution in [0.15, 0.2) is 22.7 Å². The Morgan fingerprint density at radius 3 is 2.65 bits per heavy atom. The van der Waals surface area contributed by atoms with Crippen molar-refractivity contribution in [3.63, 3.8) is 0 Å². The van der Waals surface area contributed by atoms with Crippen LogP contribution in [0.2, 0.25) is 0 Å². The van der Waals surface area contributed by atoms with Gasteiger partial charge in [0, 0.05) is 10.2 Å². The number of carbonyl (C=O) groups excluding carboxylic acids is 1. The zero-order chi connectivity index (χ0) is 15.2. The minimum absolute atomic E-state index is 0.0527. The molecule has 1 aromatic carbocycles. The van der Waals surface area contributed by atoms with Gasteiger partial charge in [-0.3, -0.25) is 4.79 Å². The zero-order valence-electron chi connectivity index (χ0n) is 11.4. The zero-order valence-corrected chi connectivity index (χ0v) is 13.8. The Labute approximate surface area is 128 Å². The molecule has 0 aliphatic rings. The molecule has 20 heavy (non-hydrogen) atoms. The predicted molar refractivity (Wildman–Crippen MR) is 85.4 cm³/mol. The quantitative estimate of drug-likeness (QED) is 0.576. The molecule has 0 aliphatic heterocycles. The molecule has 0 saturated heterocycles. The molecular weight excluding hydrogens is 344 g/mol. The lowest BCUT2D eigenvalue weighted by Crippen LogP contribution is -2.24. The Morgan fingerprint density at radius 1 is 1.35 bits per heavy atom. The van der Waals surface area contributed by atoms with Crippen molar-refractivity contribution in [2.75, 3.05) is 22.6 Å². The van der Waals surface area contributed by atoms with Crippen molar-refractivity contribution < 1.29 is 13.2 Å². The summed E-state index contributed by atoms with van der Waals surface area (Å²) in [5.74, 6) is -0.975. The van der Waals surface area contributed by atoms with Crippen LogP contribution in [-0.2, 0) is 14.6 Å². The monoisotopic (exact) mass is 362 g/mol. The van der Waals surface area contributed by atoms with Gasteiger partial charge in [-0.15, -0.1) is 0 Å². The summed E-state index contributed by atoms with van der Waals surface area (Å²) in [6, 6.07) is 4.91. The molecule has 7 heteroatoms. The highest BCUT2D eigenvalue weighted by Gasteiger charge is 2.17. The number of halogens is 1. The number of nitrogens with two attached hydrogens (primary N) is 1. The van der Waals surface area contributed by atoms with Crippen LogP contribution >= 0.6 is 15.9 Å². The van der Waals surface area contributed by atoms with E-state index in [0.29, 0.717) is 22.3 Å². The van der Waals surface area contributed by atoms with Gasteiger partial charge in [-0.2, -0.15) is 0 Å². The second-order valence-corrected chi connectivity index (χ2v) is 7.62. The number of sulfone groups is 1. The molecule has 0 bridgehead atoms. The molecule has 0 aromatic heterocycles. The Kier molecular flexibility index (Phi) is 6.48. The third-order valence-electron chi connectivity index (χ3n) is 2.68. The van der Waals surface area contributed by atoms with Crippen LogP contribution in [0.1, 0.15) is 26.2 Å². The smallest absolute Gasteiger partial charge is 0.239 e. The number of hydrogen-bond acceptors (Lipinski definition) is 4. The summed E-state index contributed by atoms with van der Waals surface area (Å²) >= 11 is 3.26. The van der Waals surface area contributed by atoms with E-state index in [1.165, 1.54) is 0 Å². The van der Waals surface area contributed by atoms with Gasteiger partial charge < -0.3 is 11.1 Å². The topological polar surface area (TPSA) is 89.3 Å². The van der Waals surface area contributed by atoms with Crippen molar-refractivity contribution in [3.8, 4) is 0 Å². The summed E-state index contributed by atoms with van der Waals surface area (Å²) < 4.78 is 24.1. The average Bonchev–Trinajstić information content (AvgIpc) is 2.32. The van der Waals surface area contributed by atoms with E-state index in [4.69, 9.17) is 5.73 Å². The fraction of sp³-hybridized carbons (Fsp3) is 0.462. The van der Waals surface area contributed by atoms with Gasteiger partial charge in [-0.25, -0.2) is 8.42 Å². The number of hydrogen-bond donors (Lipinski definition) is 2. The lowest BCUT2D eigenvalue weighted by Gasteiger charge is -2.08. The van der Waals surface area contributed by atoms with Crippen molar-refractivity contribution in [1.82, 2.24) is 0 Å². The molecule has 0 spiro atoms. The maximum absolute atomic E-state index is 11.8. The lowest BCUT2D eigenvalue weighted by molar-refractivity contribution is -0.113. The number of anilines is 2. The molecule has 1 amide bonds. The van der Waals surface area contributed by atoms with Gasteiger partial charge in [0.15, 0.2) is 9.84 Å². The van der Waals surface area contributed by atoms with Crippen molar-refractivity contribution in [2.24, 2.45) is 0 Å². The van der Waals surface area contributed by atoms with Gasteiger partial charge >= 0.3 is 0 Å². The molecule has 0 saturated carbocycles. The Morgan fingerprint density at radius 2 is 2.05 bits per heavy atom. The molecule has 1 rings (SSSR count). The summed E-state index contributed by atoms with van der Waals surface area (Å²) in [5, 5.41) is 2.56. The Hall–Kier alpha value is -1.08. The van der Waals surface area contributed by atoms with Crippen LogP contribution in [0, 0.1) is 0 Å². The molecule has 0 atom stereocenters. The minimum atomic E-state index is -3.35. The van der Waals surface area contributed by atoms with Crippen molar-refractivity contribution in [3.05, 3.63) is 22.7 Å². The fourth-order valence-electron chi connectivity index (χ4n) is 1.66. The van der Waals surface area contributed by atoms with Crippen LogP contribution in [-0.4, -0.2) is 25.8 Å². The number of nitrogen functional groups attached to an aromatic ring is 1. The maximum Gasteiger partial charge on any atom is 0.239 e. The molecule has 3 N–H and O–H groups in total. The SMILES string of the molecule is CCCCCS(=O)(=O)CC(=O)Nc1ccc(N)cc1Br. The highest BCUT2D eigenvalue weighted by Crippen LogP contribution is 2.24. The van der Waals surface area contributed by atoms with Gasteiger partial charge in [0.2, 0.25) is 5.91 Å². The summed E-state index contributed by atoms with van der Waals surface area (Å²) in [4.78, 5) is 11.8. The normalized spacial score (nSPS) is 11.3. The number of nitrogens with one attached hydrogen (secondary N) is 1. The summed E-state index contributed by atoms with van der Waals surface area (Å²) in [6.45, 7) is 2.00. The van der Waals surface area contributed by atoms with E-state index in [2.05, 4.69) is 21.2 Å². The second kappa shape index (κ2) is 7.64. The maximum atomic E-state index is 11.8. The fourth-order valence-corrected chi connectivity index (χ4v) is 3.42. The molecular formula is C13H19BrN2O3S. The summed E-state index contributed by atoms with van der Waals surface area (Å²) in [5.41, 5.74) is 6.65. The third kappa shape index (κ3) is 5.92. The number of rotatable bonds is 7. The number of unbranched alkanes of at least 4 members (excludes halogenated alkanes) is 2. The molecule has 0 unspecified atom stereocenters. The summed E-state index contributed by atoms with van der Waals surface area (Å²) in [6.07, 6.45) is 2.39. The van der Waals surface area contributed by atoms with Crippen LogP contribution in [0.5, 0.6) is 0 Å². The van der Waals surface area contributed by atoms with Crippen LogP contribution in [0.4, 0.5) is 11.4 Å². The first-order chi connectivity index (χ1) is 9.34. The molecule has 0 radical (unpaired) electrons. The standard InChI is InChI=1S/C13H19BrN2O3S/c1-2-3-4-7-20(18,19)9-13(17)16-12-6-5-10(15)8-11(12)14/h5-6,8H,2-4,7,9,15H2,1H3,(H,16,17). The van der Waals surface area contributed by atoms with Gasteiger partial charge in [0.1, 0.15) is 5.75 Å². The highest BCUT2D eigenvalue weighted by molar-refractivity contribution is 9.10. The second-order valence-electron chi connectivity index (χ2n) is 4.59. The molecule has 5 nitrogen and oxygen atoms in total. The molecule has 0 fully saturated rings. The van der Waals surface area contributed by atoms with Gasteiger partial charge in [-0.05, 0) is 40.5 Å². The molecule has 0 heterocycles. The van der Waals surface area contributed by atoms with Gasteiger partial charge in [0.25, 0.3) is 0 Å². The number of benzene rings is 1. The Balaban J connectivity index is 2.59. The molecule has 0 aliphatic carbocycles. The van der Waals surface area contributed by atoms with Gasteiger partial charge in [0.05, 0.1) is 11.4 Å². The third-order valence-corrected chi connectivity index (χ3v) is 4.95. The Bertz CT molecular complexity index is 573. The van der Waals surface area contributed by atoms with Crippen LogP contribution in [0.25, 0.3) is 0 Å². The van der Waals surface area contributed by atoms with Crippen molar-refractivity contribution in [2.45, 2.75) is 26.2 Å². The van der Waals surface area contributed by atoms with Crippen LogP contribution in [0.3, 0.4) is 0 Å². The minimum Gasteiger partial charge on any atom is -0.399 e. The predicted octanol–water partition coefficient (Wildman–Crippen LogP) is 2.57. The largest absolute Gasteiger partial charge is 0.399 e. The van der Waals surface area contributed by atoms with Gasteiger partial charge in [-0.1, -0.05) is 19.8 Å². The van der Waals surface area contributed by atoms with Crippen molar-refractivity contribution in [1.29, 1.82) is 0 Å². The average molecular weight is 363 g/mol. The molecule has 1 aromatic rings. The van der Waals surface area contributed by atoms with E-state index < -0.39 is 21.5 Å². The van der Waals surface area contributed by atoms with Crippen molar-refractivity contribution >= 4 is 43.0 Å². The number of amides is 1. The first-order valence-corrected chi connectivity index (χ1v) is 9.01. The van der Waals surface area contributed by atoms with E-state index in [0.717, 1.165) is 12.8 Å². The lowest BCUT2D eigenvalue weighted by atomic mass is 10.3. The number of carbonyl (C=O) groups is 1. The van der Waals surface area contributed by atoms with E-state index >= 15 is 0 Å². The first-order valence-electron chi connectivity index (χ1n) is 6.39. The van der Waals surface area contributed by atoms with E-state index in [9.17, 15) is 13.2 Å². The molecule has 112 valence electrons. The van der Waals surface area contributed by atoms with E-state index in [1.807, 2.05) is 6.92 Å². The van der Waals surface area contributed by atoms with E-state index in [-0.39, 0.29) is 5.75 Å². The van der Waals surface area contributed by atoms with Crippen LogP contribution < -0.4 is 11.1 Å².